The molecule has 1 aromatic carbocycles. The molecule has 0 aliphatic carbocycles. The average molecular weight is 419 g/mol. The third-order valence-corrected chi connectivity index (χ3v) is 4.07. The summed E-state index contributed by atoms with van der Waals surface area (Å²) in [5, 5.41) is 7.64. The largest absolute Gasteiger partial charge is 0.462 e. The van der Waals surface area contributed by atoms with Crippen molar-refractivity contribution in [2.75, 3.05) is 17.3 Å². The first-order valence-corrected chi connectivity index (χ1v) is 9.06. The third kappa shape index (κ3) is 4.82. The van der Waals surface area contributed by atoms with Crippen LogP contribution in [0.2, 0.25) is 10.0 Å². The Morgan fingerprint density at radius 3 is 2.86 bits per heavy atom. The fraction of sp³-hybridized carbons (Fsp3) is 0.105. The molecule has 3 rings (SSSR count). The minimum absolute atomic E-state index is 0.0720. The highest BCUT2D eigenvalue weighted by Crippen LogP contribution is 2.34. The lowest BCUT2D eigenvalue weighted by Crippen LogP contribution is -2.06. The van der Waals surface area contributed by atoms with E-state index in [0.29, 0.717) is 16.5 Å². The molecule has 2 N–H and O–H groups in total. The topological polar surface area (TPSA) is 88.8 Å². The van der Waals surface area contributed by atoms with Gasteiger partial charge < -0.3 is 14.5 Å². The van der Waals surface area contributed by atoms with Crippen molar-refractivity contribution in [2.24, 2.45) is 5.10 Å². The summed E-state index contributed by atoms with van der Waals surface area (Å²) in [6, 6.07) is 12.3. The molecule has 0 fully saturated rings. The molecule has 0 saturated carbocycles. The van der Waals surface area contributed by atoms with Crippen molar-refractivity contribution in [3.8, 4) is 0 Å². The Balaban J connectivity index is 1.89. The Morgan fingerprint density at radius 1 is 1.29 bits per heavy atom. The van der Waals surface area contributed by atoms with E-state index in [-0.39, 0.29) is 28.8 Å². The van der Waals surface area contributed by atoms with Crippen molar-refractivity contribution >= 4 is 52.8 Å². The fourth-order valence-electron chi connectivity index (χ4n) is 2.27. The van der Waals surface area contributed by atoms with Gasteiger partial charge in [-0.15, -0.1) is 0 Å². The zero-order valence-electron chi connectivity index (χ0n) is 14.8. The Morgan fingerprint density at radius 2 is 2.14 bits per heavy atom. The zero-order chi connectivity index (χ0) is 19.9. The molecule has 9 heteroatoms. The van der Waals surface area contributed by atoms with Crippen molar-refractivity contribution in [2.45, 2.75) is 6.92 Å². The van der Waals surface area contributed by atoms with Crippen LogP contribution in [0.4, 0.5) is 17.4 Å². The number of ether oxygens (including phenoxy) is 1. The molecule has 0 bridgehead atoms. The minimum Gasteiger partial charge on any atom is -0.462 e. The zero-order valence-corrected chi connectivity index (χ0v) is 16.3. The summed E-state index contributed by atoms with van der Waals surface area (Å²) in [6.07, 6.45) is 2.98. The molecule has 0 saturated heterocycles. The number of hydrogen-bond acceptors (Lipinski definition) is 7. The number of aromatic nitrogens is 1. The lowest BCUT2D eigenvalue weighted by Gasteiger charge is -2.06. The lowest BCUT2D eigenvalue weighted by atomic mass is 10.2. The first-order valence-electron chi connectivity index (χ1n) is 8.30. The van der Waals surface area contributed by atoms with E-state index >= 15 is 0 Å². The van der Waals surface area contributed by atoms with E-state index in [1.165, 1.54) is 6.21 Å². The summed E-state index contributed by atoms with van der Waals surface area (Å²) in [5.41, 5.74) is 3.44. The summed E-state index contributed by atoms with van der Waals surface area (Å²) in [4.78, 5) is 16.4. The van der Waals surface area contributed by atoms with Gasteiger partial charge in [0.1, 0.15) is 16.4 Å². The molecular formula is C19H16Cl2N4O3. The van der Waals surface area contributed by atoms with Crippen LogP contribution in [0.25, 0.3) is 0 Å². The average Bonchev–Trinajstić information content (AvgIpc) is 2.98. The number of nitrogens with one attached hydrogen (secondary N) is 2. The molecule has 28 heavy (non-hydrogen) atoms. The monoisotopic (exact) mass is 418 g/mol. The minimum atomic E-state index is -0.613. The molecule has 0 radical (unpaired) electrons. The van der Waals surface area contributed by atoms with Crippen LogP contribution in [0.1, 0.15) is 23.0 Å². The van der Waals surface area contributed by atoms with Gasteiger partial charge >= 0.3 is 5.97 Å². The number of hydrazone groups is 1. The number of anilines is 3. The van der Waals surface area contributed by atoms with E-state index in [4.69, 9.17) is 32.4 Å². The molecule has 0 aliphatic heterocycles. The number of rotatable bonds is 7. The van der Waals surface area contributed by atoms with Gasteiger partial charge in [-0.25, -0.2) is 9.78 Å². The highest BCUT2D eigenvalue weighted by Gasteiger charge is 2.25. The number of halogens is 2. The quantitative estimate of drug-likeness (QED) is 0.305. The van der Waals surface area contributed by atoms with Crippen LogP contribution >= 0.6 is 23.2 Å². The maximum atomic E-state index is 12.3. The molecular weight excluding hydrogens is 403 g/mol. The van der Waals surface area contributed by atoms with Crippen molar-refractivity contribution in [3.63, 3.8) is 0 Å². The molecule has 2 aromatic heterocycles. The normalized spacial score (nSPS) is 10.8. The number of furan rings is 1. The van der Waals surface area contributed by atoms with E-state index in [1.807, 2.05) is 6.07 Å². The highest BCUT2D eigenvalue weighted by atomic mass is 35.5. The predicted octanol–water partition coefficient (Wildman–Crippen LogP) is 5.35. The van der Waals surface area contributed by atoms with Gasteiger partial charge in [0, 0.05) is 16.9 Å². The maximum Gasteiger partial charge on any atom is 0.345 e. The van der Waals surface area contributed by atoms with Crippen molar-refractivity contribution < 1.29 is 13.9 Å². The Bertz CT molecular complexity index is 990. The highest BCUT2D eigenvalue weighted by molar-refractivity contribution is 6.36. The van der Waals surface area contributed by atoms with Crippen LogP contribution in [0.5, 0.6) is 0 Å². The molecule has 0 spiro atoms. The Hall–Kier alpha value is -3.03. The lowest BCUT2D eigenvalue weighted by molar-refractivity contribution is 0.0527. The molecule has 2 heterocycles. The smallest absolute Gasteiger partial charge is 0.345 e. The van der Waals surface area contributed by atoms with E-state index in [9.17, 15) is 4.79 Å². The van der Waals surface area contributed by atoms with E-state index in [0.717, 1.165) is 0 Å². The second-order valence-corrected chi connectivity index (χ2v) is 6.24. The summed E-state index contributed by atoms with van der Waals surface area (Å²) in [6.45, 7) is 1.90. The number of benzene rings is 1. The second-order valence-electron chi connectivity index (χ2n) is 5.43. The summed E-state index contributed by atoms with van der Waals surface area (Å²) in [5.74, 6) is 0.241. The van der Waals surface area contributed by atoms with Gasteiger partial charge in [-0.05, 0) is 37.3 Å². The van der Waals surface area contributed by atoms with Crippen molar-refractivity contribution in [1.82, 2.24) is 4.98 Å². The molecule has 0 amide bonds. The van der Waals surface area contributed by atoms with Gasteiger partial charge in [-0.2, -0.15) is 5.10 Å². The van der Waals surface area contributed by atoms with Crippen LogP contribution in [-0.2, 0) is 4.74 Å². The number of esters is 1. The Labute approximate surface area is 171 Å². The first-order chi connectivity index (χ1) is 13.6. The standard InChI is InChI=1S/C19H16Cl2N4O3/c1-2-27-19(26)16-17(21)14(11-23-25-15-8-3-4-9-22-15)28-18(16)24-13-7-5-6-12(20)10-13/h3-11,24H,2H2,1H3,(H,22,25)/b23-11+. The van der Waals surface area contributed by atoms with Gasteiger partial charge in [0.05, 0.1) is 12.8 Å². The number of carbonyl (C=O) groups is 1. The van der Waals surface area contributed by atoms with Gasteiger partial charge in [-0.3, -0.25) is 5.43 Å². The van der Waals surface area contributed by atoms with Gasteiger partial charge in [0.15, 0.2) is 5.76 Å². The van der Waals surface area contributed by atoms with Crippen molar-refractivity contribution in [3.05, 3.63) is 70.0 Å². The van der Waals surface area contributed by atoms with Crippen LogP contribution in [0.15, 0.2) is 58.2 Å². The number of hydrogen-bond donors (Lipinski definition) is 2. The van der Waals surface area contributed by atoms with E-state index in [1.54, 1.807) is 49.5 Å². The van der Waals surface area contributed by atoms with E-state index in [2.05, 4.69) is 20.8 Å². The summed E-state index contributed by atoms with van der Waals surface area (Å²) < 4.78 is 10.8. The van der Waals surface area contributed by atoms with Gasteiger partial charge in [-0.1, -0.05) is 35.3 Å². The SMILES string of the molecule is CCOC(=O)c1c(Nc2cccc(Cl)c2)oc(/C=N/Nc2ccccn2)c1Cl. The third-order valence-electron chi connectivity index (χ3n) is 3.46. The summed E-state index contributed by atoms with van der Waals surface area (Å²) in [7, 11) is 0. The number of nitrogens with zero attached hydrogens (tertiary/aromatic N) is 2. The molecule has 0 atom stereocenters. The molecule has 144 valence electrons. The van der Waals surface area contributed by atoms with E-state index < -0.39 is 5.97 Å². The fourth-order valence-corrected chi connectivity index (χ4v) is 2.71. The number of carbonyl (C=O) groups excluding carboxylic acids is 1. The van der Waals surface area contributed by atoms with Crippen LogP contribution in [-0.4, -0.2) is 23.8 Å². The molecule has 0 unspecified atom stereocenters. The van der Waals surface area contributed by atoms with Gasteiger partial charge in [0.2, 0.25) is 5.88 Å². The first kappa shape index (κ1) is 19.7. The summed E-state index contributed by atoms with van der Waals surface area (Å²) >= 11 is 12.3. The molecule has 7 nitrogen and oxygen atoms in total. The second kappa shape index (κ2) is 9.25. The van der Waals surface area contributed by atoms with Crippen LogP contribution < -0.4 is 10.7 Å². The predicted molar refractivity (Wildman–Crippen MR) is 110 cm³/mol. The van der Waals surface area contributed by atoms with Crippen LogP contribution in [0, 0.1) is 0 Å². The van der Waals surface area contributed by atoms with Gasteiger partial charge in [0.25, 0.3) is 0 Å². The van der Waals surface area contributed by atoms with Crippen LogP contribution in [0.3, 0.4) is 0 Å². The van der Waals surface area contributed by atoms with Crippen molar-refractivity contribution in [1.29, 1.82) is 0 Å². The Kier molecular flexibility index (Phi) is 6.52. The number of pyridine rings is 1. The molecule has 3 aromatic rings. The maximum absolute atomic E-state index is 12.3. The molecule has 0 aliphatic rings.